The number of aromatic nitrogens is 3. The zero-order valence-electron chi connectivity index (χ0n) is 21.5. The van der Waals surface area contributed by atoms with E-state index in [1.54, 1.807) is 0 Å². The Morgan fingerprint density at radius 2 is 1.92 bits per heavy atom. The van der Waals surface area contributed by atoms with Crippen LogP contribution in [0.25, 0.3) is 10.9 Å². The van der Waals surface area contributed by atoms with Gasteiger partial charge in [-0.1, -0.05) is 19.9 Å². The van der Waals surface area contributed by atoms with Gasteiger partial charge < -0.3 is 15.0 Å². The quantitative estimate of drug-likeness (QED) is 0.436. The molecule has 7 nitrogen and oxygen atoms in total. The number of hydrogen-bond acceptors (Lipinski definition) is 5. The van der Waals surface area contributed by atoms with Crippen molar-refractivity contribution in [3.05, 3.63) is 47.9 Å². The van der Waals surface area contributed by atoms with Crippen LogP contribution in [0.5, 0.6) is 0 Å². The van der Waals surface area contributed by atoms with Crippen LogP contribution in [0.1, 0.15) is 68.2 Å². The lowest BCUT2D eigenvalue weighted by Gasteiger charge is -2.31. The van der Waals surface area contributed by atoms with E-state index in [2.05, 4.69) is 33.7 Å². The van der Waals surface area contributed by atoms with E-state index in [0.717, 1.165) is 47.8 Å². The summed E-state index contributed by atoms with van der Waals surface area (Å²) in [5.74, 6) is 0.756. The lowest BCUT2D eigenvalue weighted by Crippen LogP contribution is -2.37. The van der Waals surface area contributed by atoms with E-state index < -0.39 is 17.8 Å². The van der Waals surface area contributed by atoms with Crippen LogP contribution in [0.3, 0.4) is 0 Å². The highest BCUT2D eigenvalue weighted by atomic mass is 19.4. The largest absolute Gasteiger partial charge is 0.433 e. The Morgan fingerprint density at radius 1 is 1.13 bits per heavy atom. The van der Waals surface area contributed by atoms with E-state index >= 15 is 0 Å². The number of hydrogen-bond donors (Lipinski definition) is 1. The van der Waals surface area contributed by atoms with Gasteiger partial charge >= 0.3 is 6.18 Å². The summed E-state index contributed by atoms with van der Waals surface area (Å²) in [5, 5.41) is 8.66. The lowest BCUT2D eigenvalue weighted by atomic mass is 9.80. The van der Waals surface area contributed by atoms with E-state index in [1.165, 1.54) is 25.0 Å². The third-order valence-electron chi connectivity index (χ3n) is 8.43. The van der Waals surface area contributed by atoms with Crippen LogP contribution in [-0.4, -0.2) is 46.0 Å². The second kappa shape index (κ2) is 9.55. The second-order valence-corrected chi connectivity index (χ2v) is 11.2. The average molecular weight is 528 g/mol. The molecular weight excluding hydrogens is 495 g/mol. The number of nitrogens with one attached hydrogen (secondary N) is 1. The predicted molar refractivity (Wildman–Crippen MR) is 138 cm³/mol. The van der Waals surface area contributed by atoms with E-state index in [1.807, 2.05) is 18.3 Å². The first-order valence-electron chi connectivity index (χ1n) is 13.4. The zero-order valence-corrected chi connectivity index (χ0v) is 21.5. The zero-order chi connectivity index (χ0) is 26.6. The summed E-state index contributed by atoms with van der Waals surface area (Å²) >= 11 is 0. The lowest BCUT2D eigenvalue weighted by molar-refractivity contribution is -0.141. The Balaban J connectivity index is 1.32. The van der Waals surface area contributed by atoms with E-state index in [0.29, 0.717) is 30.8 Å². The van der Waals surface area contributed by atoms with Gasteiger partial charge in [0, 0.05) is 18.1 Å². The van der Waals surface area contributed by atoms with E-state index in [4.69, 9.17) is 9.84 Å². The highest BCUT2D eigenvalue weighted by molar-refractivity contribution is 6.06. The molecule has 10 heteroatoms. The molecule has 4 heterocycles. The van der Waals surface area contributed by atoms with Crippen molar-refractivity contribution in [1.29, 1.82) is 0 Å². The molecule has 1 aromatic carbocycles. The number of pyridine rings is 1. The molecule has 0 radical (unpaired) electrons. The summed E-state index contributed by atoms with van der Waals surface area (Å²) < 4.78 is 47.4. The minimum atomic E-state index is -4.63. The predicted octanol–water partition coefficient (Wildman–Crippen LogP) is 6.07. The van der Waals surface area contributed by atoms with E-state index in [9.17, 15) is 18.0 Å². The highest BCUT2D eigenvalue weighted by Crippen LogP contribution is 2.40. The van der Waals surface area contributed by atoms with Crippen molar-refractivity contribution in [1.82, 2.24) is 14.8 Å². The summed E-state index contributed by atoms with van der Waals surface area (Å²) in [5.41, 5.74) is 0.808. The number of fused-ring (bicyclic) bond motifs is 3. The van der Waals surface area contributed by atoms with Crippen LogP contribution in [0.2, 0.25) is 0 Å². The third-order valence-corrected chi connectivity index (χ3v) is 8.43. The average Bonchev–Trinajstić information content (AvgIpc) is 3.63. The molecule has 1 amide bonds. The number of morpholine rings is 1. The molecule has 2 atom stereocenters. The summed E-state index contributed by atoms with van der Waals surface area (Å²) in [6, 6.07) is 7.74. The number of carbonyl (C=O) groups is 1. The van der Waals surface area contributed by atoms with Gasteiger partial charge in [0.05, 0.1) is 41.7 Å². The molecular formula is C28H32F3N5O2. The molecule has 1 N–H and O–H groups in total. The minimum Gasteiger partial charge on any atom is -0.374 e. The number of benzene rings is 1. The normalized spacial score (nSPS) is 25.5. The van der Waals surface area contributed by atoms with Crippen molar-refractivity contribution in [3.63, 3.8) is 0 Å². The fourth-order valence-electron chi connectivity index (χ4n) is 6.24. The van der Waals surface area contributed by atoms with Crippen LogP contribution in [0.15, 0.2) is 36.5 Å². The SMILES string of the molecule is CC(C)C1CCC(n2cc3cc(NC(=O)c4cccc(C(F)(F)F)n4)c(N4C[C@H]5C[C@@H]4CO5)cc3n2)CC1. The van der Waals surface area contributed by atoms with Crippen LogP contribution in [0, 0.1) is 11.8 Å². The summed E-state index contributed by atoms with van der Waals surface area (Å²) in [7, 11) is 0. The Bertz CT molecular complexity index is 1350. The molecule has 3 fully saturated rings. The molecule has 2 aromatic heterocycles. The molecule has 1 saturated carbocycles. The number of rotatable bonds is 5. The molecule has 0 unspecified atom stereocenters. The molecule has 1 aliphatic carbocycles. The standard InChI is InChI=1S/C28H32F3N5O2/c1-16(2)17-6-8-19(9-7-17)36-13-18-10-24(33-27(37)22-4-3-5-26(32-22)28(29,30)31)25(12-23(18)34-36)35-14-21-11-20(35)15-38-21/h3-5,10,12-13,16-17,19-21H,6-9,11,14-15H2,1-2H3,(H,33,37)/t17?,19?,20-,21-/m1/s1. The first-order chi connectivity index (χ1) is 18.2. The van der Waals surface area contributed by atoms with Crippen molar-refractivity contribution in [3.8, 4) is 0 Å². The first-order valence-corrected chi connectivity index (χ1v) is 13.4. The maximum Gasteiger partial charge on any atom is 0.433 e. The van der Waals surface area contributed by atoms with E-state index in [-0.39, 0.29) is 17.8 Å². The molecule has 3 aliphatic rings. The number of amides is 1. The van der Waals surface area contributed by atoms with Crippen molar-refractivity contribution < 1.29 is 22.7 Å². The topological polar surface area (TPSA) is 72.3 Å². The Morgan fingerprint density at radius 3 is 2.58 bits per heavy atom. The Kier molecular flexibility index (Phi) is 6.32. The maximum atomic E-state index is 13.2. The summed E-state index contributed by atoms with van der Waals surface area (Å²) in [6.07, 6.45) is 2.99. The van der Waals surface area contributed by atoms with Crippen LogP contribution in [-0.2, 0) is 10.9 Å². The van der Waals surface area contributed by atoms with Gasteiger partial charge in [-0.05, 0) is 68.2 Å². The van der Waals surface area contributed by atoms with Gasteiger partial charge in [-0.2, -0.15) is 18.3 Å². The van der Waals surface area contributed by atoms with Crippen molar-refractivity contribution >= 4 is 28.2 Å². The highest BCUT2D eigenvalue weighted by Gasteiger charge is 2.40. The third kappa shape index (κ3) is 4.74. The van der Waals surface area contributed by atoms with Gasteiger partial charge in [0.15, 0.2) is 0 Å². The summed E-state index contributed by atoms with van der Waals surface area (Å²) in [4.78, 5) is 18.9. The Labute approximate surface area is 219 Å². The van der Waals surface area contributed by atoms with Gasteiger partial charge in [-0.3, -0.25) is 9.48 Å². The van der Waals surface area contributed by atoms with Gasteiger partial charge in [-0.15, -0.1) is 0 Å². The molecule has 38 heavy (non-hydrogen) atoms. The maximum absolute atomic E-state index is 13.2. The van der Waals surface area contributed by atoms with Crippen molar-refractivity contribution in [2.45, 2.75) is 70.3 Å². The van der Waals surface area contributed by atoms with Crippen molar-refractivity contribution in [2.75, 3.05) is 23.4 Å². The number of halogens is 3. The fraction of sp³-hybridized carbons (Fsp3) is 0.536. The Hall–Kier alpha value is -3.14. The van der Waals surface area contributed by atoms with Crippen molar-refractivity contribution in [2.24, 2.45) is 11.8 Å². The smallest absolute Gasteiger partial charge is 0.374 e. The van der Waals surface area contributed by atoms with Crippen LogP contribution in [0.4, 0.5) is 24.5 Å². The van der Waals surface area contributed by atoms with Gasteiger partial charge in [0.25, 0.3) is 5.91 Å². The van der Waals surface area contributed by atoms with Gasteiger partial charge in [0.1, 0.15) is 11.4 Å². The van der Waals surface area contributed by atoms with Crippen LogP contribution < -0.4 is 10.2 Å². The molecule has 3 aromatic rings. The minimum absolute atomic E-state index is 0.137. The molecule has 2 aliphatic heterocycles. The number of nitrogens with zero attached hydrogens (tertiary/aromatic N) is 4. The van der Waals surface area contributed by atoms with Crippen LogP contribution >= 0.6 is 0 Å². The summed E-state index contributed by atoms with van der Waals surface area (Å²) in [6.45, 7) is 5.88. The molecule has 2 saturated heterocycles. The van der Waals surface area contributed by atoms with Gasteiger partial charge in [-0.25, -0.2) is 4.98 Å². The molecule has 6 rings (SSSR count). The number of anilines is 2. The number of ether oxygens (including phenoxy) is 1. The number of carbonyl (C=O) groups excluding carboxylic acids is 1. The molecule has 0 spiro atoms. The second-order valence-electron chi connectivity index (χ2n) is 11.2. The molecule has 202 valence electrons. The first kappa shape index (κ1) is 25.2. The monoisotopic (exact) mass is 527 g/mol. The number of alkyl halides is 3. The fourth-order valence-corrected chi connectivity index (χ4v) is 6.24. The van der Waals surface area contributed by atoms with Gasteiger partial charge in [0.2, 0.25) is 0 Å². The molecule has 2 bridgehead atoms.